The van der Waals surface area contributed by atoms with E-state index in [1.165, 1.54) is 0 Å². The van der Waals surface area contributed by atoms with Crippen LogP contribution in [-0.4, -0.2) is 27.8 Å². The number of nitrogens with one attached hydrogen (secondary N) is 1. The van der Waals surface area contributed by atoms with E-state index < -0.39 is 0 Å². The number of carbonyl (C=O) groups is 1. The summed E-state index contributed by atoms with van der Waals surface area (Å²) >= 11 is 6.10. The lowest BCUT2D eigenvalue weighted by Crippen LogP contribution is -2.16. The summed E-state index contributed by atoms with van der Waals surface area (Å²) in [4.78, 5) is 18.1. The van der Waals surface area contributed by atoms with Gasteiger partial charge >= 0.3 is 0 Å². The molecule has 7 heteroatoms. The number of halogens is 1. The first-order valence-corrected chi connectivity index (χ1v) is 9.41. The molecule has 6 nitrogen and oxygen atoms in total. The number of rotatable bonds is 4. The first-order valence-electron chi connectivity index (χ1n) is 9.03. The highest BCUT2D eigenvalue weighted by Gasteiger charge is 2.26. The van der Waals surface area contributed by atoms with Gasteiger partial charge in [-0.25, -0.2) is 9.67 Å². The molecule has 1 N–H and O–H groups in total. The minimum Gasteiger partial charge on any atom is -0.495 e. The molecule has 0 atom stereocenters. The molecule has 0 aliphatic heterocycles. The minimum absolute atomic E-state index is 0.165. The first kappa shape index (κ1) is 17.8. The maximum atomic E-state index is 13.3. The zero-order valence-electron chi connectivity index (χ0n) is 15.5. The van der Waals surface area contributed by atoms with Crippen molar-refractivity contribution in [2.24, 2.45) is 0 Å². The Kier molecular flexibility index (Phi) is 4.52. The predicted octanol–water partition coefficient (Wildman–Crippen LogP) is 4.42. The molecule has 0 saturated carbocycles. The van der Waals surface area contributed by atoms with Gasteiger partial charge in [0.05, 0.1) is 29.9 Å². The SMILES string of the molecule is COc1ccc(Cl)cc1NC(=O)c1c2c(nc3c1cnn3C(C)C)CCC2. The third-order valence-electron chi connectivity index (χ3n) is 4.90. The summed E-state index contributed by atoms with van der Waals surface area (Å²) in [5.41, 5.74) is 3.97. The molecule has 0 unspecified atom stereocenters. The van der Waals surface area contributed by atoms with Gasteiger partial charge in [0.25, 0.3) is 5.91 Å². The largest absolute Gasteiger partial charge is 0.495 e. The van der Waals surface area contributed by atoms with Crippen molar-refractivity contribution in [2.45, 2.75) is 39.2 Å². The molecular weight excluding hydrogens is 364 g/mol. The van der Waals surface area contributed by atoms with E-state index in [9.17, 15) is 4.79 Å². The highest BCUT2D eigenvalue weighted by Crippen LogP contribution is 2.33. The quantitative estimate of drug-likeness (QED) is 0.723. The summed E-state index contributed by atoms with van der Waals surface area (Å²) in [6.07, 6.45) is 4.48. The van der Waals surface area contributed by atoms with Gasteiger partial charge in [0.2, 0.25) is 0 Å². The number of amides is 1. The molecule has 0 radical (unpaired) electrons. The second-order valence-corrected chi connectivity index (χ2v) is 7.42. The molecule has 2 heterocycles. The van der Waals surface area contributed by atoms with Gasteiger partial charge in [0.15, 0.2) is 5.65 Å². The van der Waals surface area contributed by atoms with Crippen LogP contribution in [-0.2, 0) is 12.8 Å². The van der Waals surface area contributed by atoms with Gasteiger partial charge in [-0.15, -0.1) is 0 Å². The number of carbonyl (C=O) groups excluding carboxylic acids is 1. The third kappa shape index (κ3) is 3.04. The monoisotopic (exact) mass is 384 g/mol. The van der Waals surface area contributed by atoms with E-state index in [0.717, 1.165) is 41.6 Å². The Morgan fingerprint density at radius 1 is 1.33 bits per heavy atom. The summed E-state index contributed by atoms with van der Waals surface area (Å²) in [5, 5.41) is 8.74. The fourth-order valence-corrected chi connectivity index (χ4v) is 3.83. The highest BCUT2D eigenvalue weighted by molar-refractivity contribution is 6.31. The van der Waals surface area contributed by atoms with E-state index in [-0.39, 0.29) is 11.9 Å². The molecule has 2 aromatic heterocycles. The Labute approximate surface area is 162 Å². The van der Waals surface area contributed by atoms with Gasteiger partial charge in [-0.2, -0.15) is 5.10 Å². The van der Waals surface area contributed by atoms with Crippen molar-refractivity contribution in [3.8, 4) is 5.75 Å². The van der Waals surface area contributed by atoms with Gasteiger partial charge in [0.1, 0.15) is 5.75 Å². The highest BCUT2D eigenvalue weighted by atomic mass is 35.5. The van der Waals surface area contributed by atoms with Crippen molar-refractivity contribution in [3.05, 3.63) is 46.2 Å². The van der Waals surface area contributed by atoms with Crippen LogP contribution in [0.3, 0.4) is 0 Å². The van der Waals surface area contributed by atoms with Gasteiger partial charge in [-0.3, -0.25) is 4.79 Å². The molecule has 4 rings (SSSR count). The molecule has 1 aromatic carbocycles. The van der Waals surface area contributed by atoms with Gasteiger partial charge < -0.3 is 10.1 Å². The molecule has 3 aromatic rings. The van der Waals surface area contributed by atoms with Crippen molar-refractivity contribution in [3.63, 3.8) is 0 Å². The molecular formula is C20H21ClN4O2. The van der Waals surface area contributed by atoms with Crippen LogP contribution in [0, 0.1) is 0 Å². The van der Waals surface area contributed by atoms with Crippen LogP contribution in [0.1, 0.15) is 47.9 Å². The molecule has 1 aliphatic rings. The molecule has 0 spiro atoms. The number of nitrogens with zero attached hydrogens (tertiary/aromatic N) is 3. The molecule has 140 valence electrons. The van der Waals surface area contributed by atoms with Crippen molar-refractivity contribution in [2.75, 3.05) is 12.4 Å². The van der Waals surface area contributed by atoms with Crippen molar-refractivity contribution >= 4 is 34.2 Å². The topological polar surface area (TPSA) is 69.0 Å². The van der Waals surface area contributed by atoms with Crippen LogP contribution in [0.25, 0.3) is 11.0 Å². The zero-order valence-corrected chi connectivity index (χ0v) is 16.3. The fraction of sp³-hybridized carbons (Fsp3) is 0.350. The Bertz CT molecular complexity index is 1040. The molecule has 0 bridgehead atoms. The van der Waals surface area contributed by atoms with Gasteiger partial charge in [-0.1, -0.05) is 11.6 Å². The van der Waals surface area contributed by atoms with Crippen LogP contribution in [0.2, 0.25) is 5.02 Å². The number of aromatic nitrogens is 3. The van der Waals surface area contributed by atoms with Crippen molar-refractivity contribution in [1.82, 2.24) is 14.8 Å². The van der Waals surface area contributed by atoms with E-state index in [2.05, 4.69) is 24.3 Å². The number of hydrogen-bond donors (Lipinski definition) is 1. The lowest BCUT2D eigenvalue weighted by molar-refractivity contribution is 0.102. The van der Waals surface area contributed by atoms with Crippen LogP contribution in [0.4, 0.5) is 5.69 Å². The second-order valence-electron chi connectivity index (χ2n) is 6.98. The number of anilines is 1. The summed E-state index contributed by atoms with van der Waals surface area (Å²) < 4.78 is 7.22. The maximum absolute atomic E-state index is 13.3. The van der Waals surface area contributed by atoms with Gasteiger partial charge in [0, 0.05) is 16.8 Å². The van der Waals surface area contributed by atoms with Crippen LogP contribution >= 0.6 is 11.6 Å². The van der Waals surface area contributed by atoms with E-state index in [0.29, 0.717) is 22.0 Å². The number of aryl methyl sites for hydroxylation is 1. The maximum Gasteiger partial charge on any atom is 0.256 e. The fourth-order valence-electron chi connectivity index (χ4n) is 3.65. The normalized spacial score (nSPS) is 13.2. The predicted molar refractivity (Wildman–Crippen MR) is 106 cm³/mol. The summed E-state index contributed by atoms with van der Waals surface area (Å²) in [5.74, 6) is 0.372. The molecule has 27 heavy (non-hydrogen) atoms. The second kappa shape index (κ2) is 6.85. The summed E-state index contributed by atoms with van der Waals surface area (Å²) in [6, 6.07) is 5.32. The van der Waals surface area contributed by atoms with Crippen molar-refractivity contribution in [1.29, 1.82) is 0 Å². The Hall–Kier alpha value is -2.60. The standard InChI is InChI=1S/C20H21ClN4O2/c1-11(2)25-19-14(10-22-25)18(13-5-4-6-15(13)23-19)20(26)24-16-9-12(21)7-8-17(16)27-3/h7-11H,4-6H2,1-3H3,(H,24,26). The Morgan fingerprint density at radius 2 is 2.15 bits per heavy atom. The Morgan fingerprint density at radius 3 is 2.89 bits per heavy atom. The van der Waals surface area contributed by atoms with Crippen LogP contribution in [0.5, 0.6) is 5.75 Å². The van der Waals surface area contributed by atoms with Crippen molar-refractivity contribution < 1.29 is 9.53 Å². The first-order chi connectivity index (χ1) is 13.0. The van der Waals surface area contributed by atoms with Crippen LogP contribution < -0.4 is 10.1 Å². The lowest BCUT2D eigenvalue weighted by Gasteiger charge is -2.14. The molecule has 0 fully saturated rings. The Balaban J connectivity index is 1.84. The third-order valence-corrected chi connectivity index (χ3v) is 5.13. The minimum atomic E-state index is -0.190. The van der Waals surface area contributed by atoms with E-state index in [1.54, 1.807) is 31.5 Å². The zero-order chi connectivity index (χ0) is 19.1. The molecule has 0 saturated heterocycles. The number of ether oxygens (including phenoxy) is 1. The van der Waals surface area contributed by atoms with E-state index >= 15 is 0 Å². The number of fused-ring (bicyclic) bond motifs is 2. The van der Waals surface area contributed by atoms with Crippen LogP contribution in [0.15, 0.2) is 24.4 Å². The molecule has 1 amide bonds. The van der Waals surface area contributed by atoms with Gasteiger partial charge in [-0.05, 0) is 56.9 Å². The summed E-state index contributed by atoms with van der Waals surface area (Å²) in [6.45, 7) is 4.11. The lowest BCUT2D eigenvalue weighted by atomic mass is 10.0. The van der Waals surface area contributed by atoms with E-state index in [1.807, 2.05) is 4.68 Å². The number of benzene rings is 1. The average molecular weight is 385 g/mol. The average Bonchev–Trinajstić information content (AvgIpc) is 3.26. The van der Waals surface area contributed by atoms with E-state index in [4.69, 9.17) is 21.3 Å². The molecule has 1 aliphatic carbocycles. The number of pyridine rings is 1. The smallest absolute Gasteiger partial charge is 0.256 e. The number of methoxy groups -OCH3 is 1. The number of hydrogen-bond acceptors (Lipinski definition) is 4. The summed E-state index contributed by atoms with van der Waals surface area (Å²) in [7, 11) is 1.56.